The zero-order valence-corrected chi connectivity index (χ0v) is 12.2. The van der Waals surface area contributed by atoms with Gasteiger partial charge < -0.3 is 11.1 Å². The van der Waals surface area contributed by atoms with Gasteiger partial charge in [0.2, 0.25) is 0 Å². The number of carbonyl (C=O) groups excluding carboxylic acids is 1. The highest BCUT2D eigenvalue weighted by Crippen LogP contribution is 2.26. The first-order valence-corrected chi connectivity index (χ1v) is 6.49. The molecule has 0 aliphatic heterocycles. The molecule has 0 aliphatic rings. The minimum atomic E-state index is -0.367. The lowest BCUT2D eigenvalue weighted by molar-refractivity contribution is 0.102. The number of nitrogens with one attached hydrogen (secondary N) is 1. The maximum atomic E-state index is 11.9. The molecule has 0 atom stereocenters. The highest BCUT2D eigenvalue weighted by atomic mass is 79.9. The molecule has 5 nitrogen and oxygen atoms in total. The third-order valence-electron chi connectivity index (χ3n) is 2.06. The number of amides is 1. The molecule has 0 fully saturated rings. The summed E-state index contributed by atoms with van der Waals surface area (Å²) in [6.45, 7) is 0. The van der Waals surface area contributed by atoms with Crippen molar-refractivity contribution < 1.29 is 4.79 Å². The number of nitrogens with zero attached hydrogens (tertiary/aromatic N) is 2. The van der Waals surface area contributed by atoms with Gasteiger partial charge in [0.15, 0.2) is 0 Å². The Hall–Kier alpha value is -1.47. The molecular formula is C11H8Br2N4O. The van der Waals surface area contributed by atoms with Crippen molar-refractivity contribution in [2.75, 3.05) is 11.1 Å². The summed E-state index contributed by atoms with van der Waals surface area (Å²) in [5.74, 6) is -0.162. The van der Waals surface area contributed by atoms with E-state index in [9.17, 15) is 4.79 Å². The molecule has 0 unspecified atom stereocenters. The molecule has 0 aliphatic carbocycles. The minimum absolute atomic E-state index is 0.168. The lowest BCUT2D eigenvalue weighted by Gasteiger charge is -2.07. The van der Waals surface area contributed by atoms with Crippen LogP contribution < -0.4 is 11.1 Å². The fraction of sp³-hybridized carbons (Fsp3) is 0. The summed E-state index contributed by atoms with van der Waals surface area (Å²) in [5.41, 5.74) is 6.28. The molecule has 7 heteroatoms. The van der Waals surface area contributed by atoms with Crippen LogP contribution in [-0.4, -0.2) is 15.9 Å². The van der Waals surface area contributed by atoms with Crippen molar-refractivity contribution in [2.45, 2.75) is 0 Å². The molecule has 92 valence electrons. The van der Waals surface area contributed by atoms with Gasteiger partial charge in [-0.05, 0) is 34.1 Å². The fourth-order valence-electron chi connectivity index (χ4n) is 1.27. The Balaban J connectivity index is 2.24. The van der Waals surface area contributed by atoms with Crippen molar-refractivity contribution in [3.8, 4) is 0 Å². The zero-order valence-electron chi connectivity index (χ0n) is 9.02. The van der Waals surface area contributed by atoms with Crippen molar-refractivity contribution in [1.82, 2.24) is 9.97 Å². The van der Waals surface area contributed by atoms with Crippen LogP contribution >= 0.6 is 31.9 Å². The number of benzene rings is 1. The first kappa shape index (κ1) is 13.0. The third kappa shape index (κ3) is 3.05. The van der Waals surface area contributed by atoms with Crippen LogP contribution in [0.4, 0.5) is 11.5 Å². The molecular weight excluding hydrogens is 364 g/mol. The lowest BCUT2D eigenvalue weighted by atomic mass is 10.3. The fourth-order valence-corrected chi connectivity index (χ4v) is 1.98. The summed E-state index contributed by atoms with van der Waals surface area (Å²) in [6.07, 6.45) is 2.74. The van der Waals surface area contributed by atoms with Gasteiger partial charge in [-0.1, -0.05) is 15.9 Å². The van der Waals surface area contributed by atoms with Crippen LogP contribution in [0.25, 0.3) is 0 Å². The lowest BCUT2D eigenvalue weighted by Crippen LogP contribution is -2.15. The van der Waals surface area contributed by atoms with E-state index in [4.69, 9.17) is 5.73 Å². The summed E-state index contributed by atoms with van der Waals surface area (Å²) in [6, 6.07) is 5.46. The minimum Gasteiger partial charge on any atom is -0.382 e. The van der Waals surface area contributed by atoms with E-state index in [1.165, 1.54) is 12.4 Å². The van der Waals surface area contributed by atoms with Crippen LogP contribution in [0.2, 0.25) is 0 Å². The average molecular weight is 372 g/mol. The third-order valence-corrected chi connectivity index (χ3v) is 3.25. The Morgan fingerprint density at radius 1 is 1.28 bits per heavy atom. The summed E-state index contributed by atoms with van der Waals surface area (Å²) in [4.78, 5) is 19.6. The molecule has 0 saturated carbocycles. The molecule has 1 heterocycles. The van der Waals surface area contributed by atoms with E-state index in [1.807, 2.05) is 12.1 Å². The smallest absolute Gasteiger partial charge is 0.275 e. The van der Waals surface area contributed by atoms with Crippen molar-refractivity contribution in [3.63, 3.8) is 0 Å². The van der Waals surface area contributed by atoms with E-state index in [1.54, 1.807) is 6.07 Å². The molecule has 0 saturated heterocycles. The summed E-state index contributed by atoms with van der Waals surface area (Å²) in [5, 5.41) is 2.72. The predicted octanol–water partition coefficient (Wildman–Crippen LogP) is 2.84. The SMILES string of the molecule is Nc1cncc(C(=O)Nc2cc(Br)ccc2Br)n1. The molecule has 0 spiro atoms. The van der Waals surface area contributed by atoms with Crippen molar-refractivity contribution in [3.05, 3.63) is 45.2 Å². The normalized spacial score (nSPS) is 10.1. The van der Waals surface area contributed by atoms with Crippen molar-refractivity contribution in [2.24, 2.45) is 0 Å². The van der Waals surface area contributed by atoms with Crippen LogP contribution in [-0.2, 0) is 0 Å². The van der Waals surface area contributed by atoms with Gasteiger partial charge >= 0.3 is 0 Å². The summed E-state index contributed by atoms with van der Waals surface area (Å²) >= 11 is 6.68. The second kappa shape index (κ2) is 5.45. The topological polar surface area (TPSA) is 80.9 Å². The van der Waals surface area contributed by atoms with Crippen molar-refractivity contribution in [1.29, 1.82) is 0 Å². The number of hydrogen-bond donors (Lipinski definition) is 2. The van der Waals surface area contributed by atoms with Crippen LogP contribution in [0.1, 0.15) is 10.5 Å². The molecule has 2 rings (SSSR count). The number of aromatic nitrogens is 2. The molecule has 0 radical (unpaired) electrons. The maximum Gasteiger partial charge on any atom is 0.275 e. The quantitative estimate of drug-likeness (QED) is 0.850. The van der Waals surface area contributed by atoms with E-state index >= 15 is 0 Å². The molecule has 3 N–H and O–H groups in total. The van der Waals surface area contributed by atoms with E-state index in [-0.39, 0.29) is 17.4 Å². The average Bonchev–Trinajstić information content (AvgIpc) is 2.34. The standard InChI is InChI=1S/C11H8Br2N4O/c12-6-1-2-7(13)8(3-6)17-11(18)9-4-15-5-10(14)16-9/h1-5H,(H2,14,16)(H,17,18). The van der Waals surface area contributed by atoms with Gasteiger partial charge in [0.1, 0.15) is 11.5 Å². The Bertz CT molecular complexity index is 603. The monoisotopic (exact) mass is 370 g/mol. The molecule has 2 aromatic rings. The Morgan fingerprint density at radius 2 is 2.06 bits per heavy atom. The van der Waals surface area contributed by atoms with Crippen molar-refractivity contribution >= 4 is 49.3 Å². The summed E-state index contributed by atoms with van der Waals surface area (Å²) < 4.78 is 1.63. The largest absolute Gasteiger partial charge is 0.382 e. The van der Waals surface area contributed by atoms with E-state index in [0.29, 0.717) is 5.69 Å². The highest BCUT2D eigenvalue weighted by molar-refractivity contribution is 9.11. The van der Waals surface area contributed by atoms with Gasteiger partial charge in [-0.2, -0.15) is 0 Å². The van der Waals surface area contributed by atoms with Gasteiger partial charge in [0.05, 0.1) is 18.1 Å². The Morgan fingerprint density at radius 3 is 2.78 bits per heavy atom. The second-order valence-corrected chi connectivity index (χ2v) is 5.18. The number of hydrogen-bond acceptors (Lipinski definition) is 4. The molecule has 18 heavy (non-hydrogen) atoms. The van der Waals surface area contributed by atoms with Crippen LogP contribution in [0.3, 0.4) is 0 Å². The number of carbonyl (C=O) groups is 1. The van der Waals surface area contributed by atoms with E-state index in [0.717, 1.165) is 8.95 Å². The molecule has 1 amide bonds. The highest BCUT2D eigenvalue weighted by Gasteiger charge is 2.10. The predicted molar refractivity (Wildman–Crippen MR) is 76.2 cm³/mol. The molecule has 1 aromatic heterocycles. The van der Waals surface area contributed by atoms with E-state index in [2.05, 4.69) is 47.1 Å². The number of rotatable bonds is 2. The van der Waals surface area contributed by atoms with Gasteiger partial charge in [-0.3, -0.25) is 9.78 Å². The number of nitrogen functional groups attached to an aromatic ring is 1. The van der Waals surface area contributed by atoms with Gasteiger partial charge in [0.25, 0.3) is 5.91 Å². The zero-order chi connectivity index (χ0) is 13.1. The van der Waals surface area contributed by atoms with E-state index < -0.39 is 0 Å². The molecule has 0 bridgehead atoms. The second-order valence-electron chi connectivity index (χ2n) is 3.41. The first-order chi connectivity index (χ1) is 8.56. The van der Waals surface area contributed by atoms with Crippen LogP contribution in [0.15, 0.2) is 39.5 Å². The number of anilines is 2. The Labute approximate surface area is 120 Å². The van der Waals surface area contributed by atoms with Gasteiger partial charge in [0, 0.05) is 8.95 Å². The summed E-state index contributed by atoms with van der Waals surface area (Å²) in [7, 11) is 0. The molecule has 1 aromatic carbocycles. The maximum absolute atomic E-state index is 11.9. The van der Waals surface area contributed by atoms with Gasteiger partial charge in [-0.25, -0.2) is 4.98 Å². The van der Waals surface area contributed by atoms with Gasteiger partial charge in [-0.15, -0.1) is 0 Å². The Kier molecular flexibility index (Phi) is 3.93. The first-order valence-electron chi connectivity index (χ1n) is 4.90. The number of halogens is 2. The number of nitrogens with two attached hydrogens (primary N) is 1. The van der Waals surface area contributed by atoms with Crippen LogP contribution in [0.5, 0.6) is 0 Å². The van der Waals surface area contributed by atoms with Crippen LogP contribution in [0, 0.1) is 0 Å².